The molecule has 7 nitrogen and oxygen atoms in total. The van der Waals surface area contributed by atoms with Crippen LogP contribution in [0.5, 0.6) is 0 Å². The monoisotopic (exact) mass is 579 g/mol. The van der Waals surface area contributed by atoms with E-state index in [2.05, 4.69) is 5.32 Å². The van der Waals surface area contributed by atoms with E-state index in [0.717, 1.165) is 29.7 Å². The van der Waals surface area contributed by atoms with E-state index in [9.17, 15) is 31.2 Å². The van der Waals surface area contributed by atoms with Gasteiger partial charge in [0.1, 0.15) is 6.54 Å². The average Bonchev–Trinajstić information content (AvgIpc) is 3.31. The van der Waals surface area contributed by atoms with Crippen LogP contribution in [0.2, 0.25) is 5.02 Å². The molecular formula is C27H25ClF3N3O4S. The lowest BCUT2D eigenvalue weighted by atomic mass is 10.1. The van der Waals surface area contributed by atoms with Crippen molar-refractivity contribution < 1.29 is 31.2 Å². The van der Waals surface area contributed by atoms with E-state index in [1.807, 2.05) is 12.1 Å². The first-order chi connectivity index (χ1) is 18.5. The highest BCUT2D eigenvalue weighted by Crippen LogP contribution is 2.37. The molecule has 12 heteroatoms. The number of halogens is 4. The van der Waals surface area contributed by atoms with Gasteiger partial charge in [0, 0.05) is 26.1 Å². The van der Waals surface area contributed by atoms with Crippen LogP contribution in [0.25, 0.3) is 0 Å². The molecule has 0 bridgehead atoms. The number of alkyl halides is 3. The van der Waals surface area contributed by atoms with E-state index in [1.54, 1.807) is 23.1 Å². The molecule has 39 heavy (non-hydrogen) atoms. The standard InChI is InChI=1S/C27H25ClF3N3O4S/c28-23-13-12-21(27(29,30)31)15-24(23)34(39(37,38)22-9-2-1-3-10-22)18-25(35)32-16-19-7-4-5-8-20(19)17-33-14-6-11-26(33)36/h1-5,7-10,12-13,15H,6,11,14,16-18H2,(H,32,35). The predicted octanol–water partition coefficient (Wildman–Crippen LogP) is 4.99. The summed E-state index contributed by atoms with van der Waals surface area (Å²) in [7, 11) is -4.47. The summed E-state index contributed by atoms with van der Waals surface area (Å²) in [5, 5.41) is 2.38. The van der Waals surface area contributed by atoms with Gasteiger partial charge in [0.05, 0.1) is 21.2 Å². The molecule has 1 aliphatic heterocycles. The fourth-order valence-corrected chi connectivity index (χ4v) is 5.96. The number of rotatable bonds is 9. The van der Waals surface area contributed by atoms with Crippen LogP contribution in [-0.4, -0.2) is 38.2 Å². The Balaban J connectivity index is 1.60. The molecule has 3 aromatic carbocycles. The van der Waals surface area contributed by atoms with Crippen LogP contribution in [0.3, 0.4) is 0 Å². The van der Waals surface area contributed by atoms with Crippen LogP contribution in [0.4, 0.5) is 18.9 Å². The fourth-order valence-electron chi connectivity index (χ4n) is 4.24. The second kappa shape index (κ2) is 11.7. The summed E-state index contributed by atoms with van der Waals surface area (Å²) in [6.07, 6.45) is -3.49. The maximum atomic E-state index is 13.5. The summed E-state index contributed by atoms with van der Waals surface area (Å²) >= 11 is 6.17. The third-order valence-electron chi connectivity index (χ3n) is 6.29. The minimum absolute atomic E-state index is 0.0204. The van der Waals surface area contributed by atoms with Gasteiger partial charge >= 0.3 is 6.18 Å². The number of amides is 2. The first kappa shape index (κ1) is 28.4. The zero-order valence-corrected chi connectivity index (χ0v) is 22.2. The van der Waals surface area contributed by atoms with Crippen molar-refractivity contribution >= 4 is 39.1 Å². The fraction of sp³-hybridized carbons (Fsp3) is 0.259. The SMILES string of the molecule is O=C(CN(c1cc(C(F)(F)F)ccc1Cl)S(=O)(=O)c1ccccc1)NCc1ccccc1CN1CCCC1=O. The highest BCUT2D eigenvalue weighted by Gasteiger charge is 2.34. The molecule has 1 heterocycles. The van der Waals surface area contributed by atoms with Crippen molar-refractivity contribution in [2.24, 2.45) is 0 Å². The minimum atomic E-state index is -4.76. The lowest BCUT2D eigenvalue weighted by molar-refractivity contribution is -0.137. The molecule has 0 spiro atoms. The number of hydrogen-bond acceptors (Lipinski definition) is 4. The number of anilines is 1. The van der Waals surface area contributed by atoms with Crippen molar-refractivity contribution in [3.8, 4) is 0 Å². The number of nitrogens with one attached hydrogen (secondary N) is 1. The van der Waals surface area contributed by atoms with Crippen molar-refractivity contribution in [1.82, 2.24) is 10.2 Å². The van der Waals surface area contributed by atoms with Crippen molar-refractivity contribution in [2.45, 2.75) is 37.0 Å². The first-order valence-corrected chi connectivity index (χ1v) is 13.8. The Kier molecular flexibility index (Phi) is 8.51. The molecule has 1 aliphatic rings. The van der Waals surface area contributed by atoms with E-state index in [4.69, 9.17) is 11.6 Å². The Hall–Kier alpha value is -3.57. The van der Waals surface area contributed by atoms with Gasteiger partial charge in [-0.1, -0.05) is 54.1 Å². The van der Waals surface area contributed by atoms with E-state index in [1.165, 1.54) is 24.3 Å². The molecule has 0 unspecified atom stereocenters. The van der Waals surface area contributed by atoms with Crippen LogP contribution in [0.1, 0.15) is 29.5 Å². The van der Waals surface area contributed by atoms with Gasteiger partial charge in [-0.05, 0) is 47.9 Å². The first-order valence-electron chi connectivity index (χ1n) is 12.0. The van der Waals surface area contributed by atoms with Gasteiger partial charge in [-0.25, -0.2) is 8.42 Å². The maximum absolute atomic E-state index is 13.5. The Labute approximate surface area is 229 Å². The molecule has 0 atom stereocenters. The minimum Gasteiger partial charge on any atom is -0.350 e. The third-order valence-corrected chi connectivity index (χ3v) is 8.38. The lowest BCUT2D eigenvalue weighted by Crippen LogP contribution is -2.41. The molecule has 206 valence electrons. The summed E-state index contributed by atoms with van der Waals surface area (Å²) < 4.78 is 67.9. The van der Waals surface area contributed by atoms with Crippen molar-refractivity contribution in [1.29, 1.82) is 0 Å². The van der Waals surface area contributed by atoms with Gasteiger partial charge in [-0.3, -0.25) is 13.9 Å². The van der Waals surface area contributed by atoms with E-state index >= 15 is 0 Å². The predicted molar refractivity (Wildman–Crippen MR) is 140 cm³/mol. The summed E-state index contributed by atoms with van der Waals surface area (Å²) in [6, 6.07) is 16.5. The molecule has 4 rings (SSSR count). The van der Waals surface area contributed by atoms with E-state index < -0.39 is 39.9 Å². The Morgan fingerprint density at radius 3 is 2.31 bits per heavy atom. The molecule has 0 aliphatic carbocycles. The van der Waals surface area contributed by atoms with Gasteiger partial charge in [0.2, 0.25) is 11.8 Å². The lowest BCUT2D eigenvalue weighted by Gasteiger charge is -2.26. The second-order valence-corrected chi connectivity index (χ2v) is 11.2. The Bertz CT molecular complexity index is 1470. The number of likely N-dealkylation sites (tertiary alicyclic amines) is 1. The molecular weight excluding hydrogens is 555 g/mol. The quantitative estimate of drug-likeness (QED) is 0.387. The molecule has 1 N–H and O–H groups in total. The molecule has 0 saturated carbocycles. The number of nitrogens with zero attached hydrogens (tertiary/aromatic N) is 2. The second-order valence-electron chi connectivity index (χ2n) is 8.95. The van der Waals surface area contributed by atoms with Crippen LogP contribution < -0.4 is 9.62 Å². The van der Waals surface area contributed by atoms with E-state index in [-0.39, 0.29) is 22.4 Å². The van der Waals surface area contributed by atoms with Crippen LogP contribution in [0, 0.1) is 0 Å². The van der Waals surface area contributed by atoms with Crippen molar-refractivity contribution in [3.63, 3.8) is 0 Å². The van der Waals surface area contributed by atoms with Gasteiger partial charge in [-0.2, -0.15) is 13.2 Å². The zero-order chi connectivity index (χ0) is 28.2. The van der Waals surface area contributed by atoms with Gasteiger partial charge < -0.3 is 10.2 Å². The van der Waals surface area contributed by atoms with E-state index in [0.29, 0.717) is 29.9 Å². The number of benzene rings is 3. The smallest absolute Gasteiger partial charge is 0.350 e. The van der Waals surface area contributed by atoms with Gasteiger partial charge in [0.15, 0.2) is 0 Å². The molecule has 1 saturated heterocycles. The van der Waals surface area contributed by atoms with Gasteiger partial charge in [0.25, 0.3) is 10.0 Å². The zero-order valence-electron chi connectivity index (χ0n) is 20.6. The summed E-state index contributed by atoms with van der Waals surface area (Å²) in [5.41, 5.74) is -0.0396. The molecule has 3 aromatic rings. The molecule has 0 aromatic heterocycles. The van der Waals surface area contributed by atoms with Crippen molar-refractivity contribution in [2.75, 3.05) is 17.4 Å². The average molecular weight is 580 g/mol. The summed E-state index contributed by atoms with van der Waals surface area (Å²) in [5.74, 6) is -0.705. The molecule has 1 fully saturated rings. The van der Waals surface area contributed by atoms with Gasteiger partial charge in [-0.15, -0.1) is 0 Å². The van der Waals surface area contributed by atoms with Crippen LogP contribution in [0.15, 0.2) is 77.7 Å². The highest BCUT2D eigenvalue weighted by atomic mass is 35.5. The molecule has 0 radical (unpaired) electrons. The maximum Gasteiger partial charge on any atom is 0.416 e. The largest absolute Gasteiger partial charge is 0.416 e. The highest BCUT2D eigenvalue weighted by molar-refractivity contribution is 7.92. The summed E-state index contributed by atoms with van der Waals surface area (Å²) in [4.78, 5) is 26.6. The number of carbonyl (C=O) groups is 2. The normalized spacial score (nSPS) is 13.9. The topological polar surface area (TPSA) is 86.8 Å². The van der Waals surface area contributed by atoms with Crippen LogP contribution in [-0.2, 0) is 38.9 Å². The van der Waals surface area contributed by atoms with Crippen molar-refractivity contribution in [3.05, 3.63) is 94.5 Å². The number of carbonyl (C=O) groups excluding carboxylic acids is 2. The number of sulfonamides is 1. The van der Waals surface area contributed by atoms with Crippen LogP contribution >= 0.6 is 11.6 Å². The Morgan fingerprint density at radius 2 is 1.67 bits per heavy atom. The Morgan fingerprint density at radius 1 is 1.00 bits per heavy atom. The molecule has 2 amide bonds. The third kappa shape index (κ3) is 6.72. The summed E-state index contributed by atoms with van der Waals surface area (Å²) in [6.45, 7) is 0.223. The number of hydrogen-bond donors (Lipinski definition) is 1.